The van der Waals surface area contributed by atoms with Crippen LogP contribution in [0.4, 0.5) is 5.82 Å². The summed E-state index contributed by atoms with van der Waals surface area (Å²) in [6.07, 6.45) is 0. The van der Waals surface area contributed by atoms with Crippen molar-refractivity contribution < 1.29 is 4.74 Å². The Morgan fingerprint density at radius 1 is 1.17 bits per heavy atom. The molecular weight excluding hydrogens is 228 g/mol. The summed E-state index contributed by atoms with van der Waals surface area (Å²) in [6.45, 7) is 1.25. The van der Waals surface area contributed by atoms with Gasteiger partial charge in [0.05, 0.1) is 12.8 Å². The van der Waals surface area contributed by atoms with Gasteiger partial charge < -0.3 is 15.8 Å². The molecule has 1 aromatic carbocycles. The lowest BCUT2D eigenvalue weighted by Crippen LogP contribution is -2.14. The number of nitrogens with one attached hydrogen (secondary N) is 1. The highest BCUT2D eigenvalue weighted by Gasteiger charge is 2.06. The molecule has 0 spiro atoms. The number of methoxy groups -OCH3 is 1. The highest BCUT2D eigenvalue weighted by Crippen LogP contribution is 2.27. The summed E-state index contributed by atoms with van der Waals surface area (Å²) in [7, 11) is 1.64. The van der Waals surface area contributed by atoms with Crippen LogP contribution < -0.4 is 15.8 Å². The molecule has 0 atom stereocenters. The van der Waals surface area contributed by atoms with Crippen LogP contribution in [0.3, 0.4) is 0 Å². The van der Waals surface area contributed by atoms with Crippen molar-refractivity contribution in [1.29, 1.82) is 0 Å². The fourth-order valence-corrected chi connectivity index (χ4v) is 1.63. The number of anilines is 1. The van der Waals surface area contributed by atoms with Gasteiger partial charge in [-0.15, -0.1) is 10.2 Å². The maximum atomic E-state index is 5.41. The van der Waals surface area contributed by atoms with Crippen LogP contribution in [0.1, 0.15) is 0 Å². The maximum absolute atomic E-state index is 5.41. The Morgan fingerprint density at radius 2 is 2.00 bits per heavy atom. The third-order valence-electron chi connectivity index (χ3n) is 2.50. The monoisotopic (exact) mass is 244 g/mol. The van der Waals surface area contributed by atoms with Crippen molar-refractivity contribution in [3.8, 4) is 17.0 Å². The zero-order valence-electron chi connectivity index (χ0n) is 10.3. The molecule has 0 unspecified atom stereocenters. The maximum Gasteiger partial charge on any atom is 0.148 e. The quantitative estimate of drug-likeness (QED) is 0.834. The molecule has 0 amide bonds. The van der Waals surface area contributed by atoms with Gasteiger partial charge in [-0.25, -0.2) is 0 Å². The Bertz CT molecular complexity index is 499. The van der Waals surface area contributed by atoms with E-state index in [1.807, 2.05) is 36.4 Å². The number of nitrogens with two attached hydrogens (primary N) is 1. The minimum absolute atomic E-state index is 0.565. The molecule has 3 N–H and O–H groups in total. The van der Waals surface area contributed by atoms with Crippen LogP contribution >= 0.6 is 0 Å². The van der Waals surface area contributed by atoms with Gasteiger partial charge in [0.25, 0.3) is 0 Å². The average Bonchev–Trinajstić information content (AvgIpc) is 2.45. The first kappa shape index (κ1) is 12.3. The van der Waals surface area contributed by atoms with Crippen LogP contribution in [0.5, 0.6) is 5.75 Å². The van der Waals surface area contributed by atoms with Crippen molar-refractivity contribution in [2.24, 2.45) is 5.73 Å². The first-order valence-electron chi connectivity index (χ1n) is 5.76. The van der Waals surface area contributed by atoms with Gasteiger partial charge in [-0.1, -0.05) is 12.1 Å². The first-order valence-corrected chi connectivity index (χ1v) is 5.76. The third kappa shape index (κ3) is 2.75. The number of para-hydroxylation sites is 1. The number of hydrogen-bond donors (Lipinski definition) is 2. The van der Waals surface area contributed by atoms with E-state index in [0.29, 0.717) is 13.1 Å². The first-order chi connectivity index (χ1) is 8.85. The molecule has 5 nitrogen and oxygen atoms in total. The Kier molecular flexibility index (Phi) is 4.09. The average molecular weight is 244 g/mol. The van der Waals surface area contributed by atoms with E-state index in [4.69, 9.17) is 10.5 Å². The van der Waals surface area contributed by atoms with Crippen LogP contribution in [-0.4, -0.2) is 30.4 Å². The van der Waals surface area contributed by atoms with Gasteiger partial charge >= 0.3 is 0 Å². The number of nitrogens with zero attached hydrogens (tertiary/aromatic N) is 2. The Hall–Kier alpha value is -2.14. The minimum atomic E-state index is 0.565. The normalized spacial score (nSPS) is 10.1. The molecule has 0 saturated heterocycles. The topological polar surface area (TPSA) is 73.1 Å². The van der Waals surface area contributed by atoms with E-state index in [2.05, 4.69) is 15.5 Å². The van der Waals surface area contributed by atoms with E-state index in [1.165, 1.54) is 0 Å². The lowest BCUT2D eigenvalue weighted by Gasteiger charge is -2.07. The van der Waals surface area contributed by atoms with Crippen molar-refractivity contribution in [2.75, 3.05) is 25.5 Å². The molecule has 0 aliphatic rings. The number of rotatable bonds is 5. The van der Waals surface area contributed by atoms with E-state index in [-0.39, 0.29) is 0 Å². The highest BCUT2D eigenvalue weighted by atomic mass is 16.5. The van der Waals surface area contributed by atoms with Crippen molar-refractivity contribution in [2.45, 2.75) is 0 Å². The van der Waals surface area contributed by atoms with Crippen LogP contribution in [0, 0.1) is 0 Å². The Labute approximate surface area is 106 Å². The zero-order valence-corrected chi connectivity index (χ0v) is 10.3. The molecule has 0 aliphatic carbocycles. The fourth-order valence-electron chi connectivity index (χ4n) is 1.63. The summed E-state index contributed by atoms with van der Waals surface area (Å²) in [5, 5.41) is 11.3. The number of benzene rings is 1. The van der Waals surface area contributed by atoms with E-state index < -0.39 is 0 Å². The predicted molar refractivity (Wildman–Crippen MR) is 71.6 cm³/mol. The van der Waals surface area contributed by atoms with E-state index in [9.17, 15) is 0 Å². The molecule has 94 valence electrons. The Morgan fingerprint density at radius 3 is 2.67 bits per heavy atom. The second-order valence-electron chi connectivity index (χ2n) is 3.72. The van der Waals surface area contributed by atoms with Gasteiger partial charge in [0.15, 0.2) is 0 Å². The largest absolute Gasteiger partial charge is 0.496 e. The third-order valence-corrected chi connectivity index (χ3v) is 2.50. The number of aromatic nitrogens is 2. The minimum Gasteiger partial charge on any atom is -0.496 e. The smallest absolute Gasteiger partial charge is 0.148 e. The van der Waals surface area contributed by atoms with E-state index >= 15 is 0 Å². The molecule has 2 aromatic rings. The van der Waals surface area contributed by atoms with Crippen LogP contribution in [0.25, 0.3) is 11.3 Å². The summed E-state index contributed by atoms with van der Waals surface area (Å²) >= 11 is 0. The Balaban J connectivity index is 2.23. The zero-order chi connectivity index (χ0) is 12.8. The van der Waals surface area contributed by atoms with Gasteiger partial charge in [-0.05, 0) is 24.3 Å². The molecule has 0 fully saturated rings. The summed E-state index contributed by atoms with van der Waals surface area (Å²) in [5.41, 5.74) is 7.12. The van der Waals surface area contributed by atoms with Crippen LogP contribution in [0.2, 0.25) is 0 Å². The van der Waals surface area contributed by atoms with Crippen LogP contribution in [-0.2, 0) is 0 Å². The highest BCUT2D eigenvalue weighted by molar-refractivity contribution is 5.67. The molecule has 0 aliphatic heterocycles. The lowest BCUT2D eigenvalue weighted by molar-refractivity contribution is 0.416. The van der Waals surface area contributed by atoms with Gasteiger partial charge in [-0.2, -0.15) is 0 Å². The number of ether oxygens (including phenoxy) is 1. The van der Waals surface area contributed by atoms with Gasteiger partial charge in [0.1, 0.15) is 11.6 Å². The molecule has 1 heterocycles. The van der Waals surface area contributed by atoms with Crippen molar-refractivity contribution in [3.05, 3.63) is 36.4 Å². The van der Waals surface area contributed by atoms with Gasteiger partial charge in [0.2, 0.25) is 0 Å². The second-order valence-corrected chi connectivity index (χ2v) is 3.72. The van der Waals surface area contributed by atoms with E-state index in [0.717, 1.165) is 22.8 Å². The second kappa shape index (κ2) is 5.97. The molecule has 18 heavy (non-hydrogen) atoms. The summed E-state index contributed by atoms with van der Waals surface area (Å²) < 4.78 is 5.29. The molecule has 0 radical (unpaired) electrons. The predicted octanol–water partition coefficient (Wildman–Crippen LogP) is 1.52. The molecule has 0 saturated carbocycles. The van der Waals surface area contributed by atoms with Crippen molar-refractivity contribution >= 4 is 5.82 Å². The molecule has 0 bridgehead atoms. The van der Waals surface area contributed by atoms with Crippen molar-refractivity contribution in [3.63, 3.8) is 0 Å². The van der Waals surface area contributed by atoms with Crippen molar-refractivity contribution in [1.82, 2.24) is 10.2 Å². The standard InChI is InChI=1S/C13H16N4O/c1-18-12-5-3-2-4-10(12)11-6-7-13(17-16-11)15-9-8-14/h2-7H,8-9,14H2,1H3,(H,15,17). The van der Waals surface area contributed by atoms with E-state index in [1.54, 1.807) is 7.11 Å². The molecule has 1 aromatic heterocycles. The number of hydrogen-bond acceptors (Lipinski definition) is 5. The van der Waals surface area contributed by atoms with Gasteiger partial charge in [-0.3, -0.25) is 0 Å². The summed E-state index contributed by atoms with van der Waals surface area (Å²) in [6, 6.07) is 11.5. The summed E-state index contributed by atoms with van der Waals surface area (Å²) in [5.74, 6) is 1.51. The van der Waals surface area contributed by atoms with Gasteiger partial charge in [0, 0.05) is 18.7 Å². The SMILES string of the molecule is COc1ccccc1-c1ccc(NCCN)nn1. The molecule has 5 heteroatoms. The van der Waals surface area contributed by atoms with Crippen LogP contribution in [0.15, 0.2) is 36.4 Å². The fraction of sp³-hybridized carbons (Fsp3) is 0.231. The molecule has 2 rings (SSSR count). The summed E-state index contributed by atoms with van der Waals surface area (Å²) in [4.78, 5) is 0. The lowest BCUT2D eigenvalue weighted by atomic mass is 10.1. The molecular formula is C13H16N4O.